The molecule has 0 amide bonds. The Morgan fingerprint density at radius 1 is 1.18 bits per heavy atom. The Kier molecular flexibility index (Phi) is 2.80. The second-order valence-electron chi connectivity index (χ2n) is 2.59. The van der Waals surface area contributed by atoms with Crippen LogP contribution in [0.5, 0.6) is 0 Å². The van der Waals surface area contributed by atoms with Crippen molar-refractivity contribution in [3.05, 3.63) is 34.9 Å². The Morgan fingerprint density at radius 2 is 1.82 bits per heavy atom. The maximum absolute atomic E-state index is 5.75. The molecule has 0 saturated heterocycles. The van der Waals surface area contributed by atoms with Gasteiger partial charge in [-0.05, 0) is 30.5 Å². The third-order valence-corrected chi connectivity index (χ3v) is 2.35. The molecule has 0 fully saturated rings. The molecule has 0 bridgehead atoms. The van der Waals surface area contributed by atoms with Gasteiger partial charge in [-0.15, -0.1) is 23.2 Å². The Labute approximate surface area is 77.1 Å². The zero-order valence-electron chi connectivity index (χ0n) is 6.57. The fraction of sp³-hybridized carbons (Fsp3) is 0.333. The van der Waals surface area contributed by atoms with Crippen molar-refractivity contribution in [2.45, 2.75) is 18.7 Å². The Hall–Kier alpha value is -0.200. The van der Waals surface area contributed by atoms with Crippen molar-refractivity contribution in [2.75, 3.05) is 0 Å². The van der Waals surface area contributed by atoms with Gasteiger partial charge in [-0.25, -0.2) is 0 Å². The van der Waals surface area contributed by atoms with Crippen molar-refractivity contribution in [1.29, 1.82) is 0 Å². The molecule has 0 aliphatic heterocycles. The highest BCUT2D eigenvalue weighted by Crippen LogP contribution is 2.28. The van der Waals surface area contributed by atoms with Gasteiger partial charge in [-0.2, -0.15) is 0 Å². The third-order valence-electron chi connectivity index (χ3n) is 1.88. The fourth-order valence-electron chi connectivity index (χ4n) is 1.01. The molecule has 0 unspecified atom stereocenters. The number of hydrogen-bond acceptors (Lipinski definition) is 0. The third kappa shape index (κ3) is 1.88. The van der Waals surface area contributed by atoms with Crippen LogP contribution in [0.15, 0.2) is 18.2 Å². The van der Waals surface area contributed by atoms with E-state index in [1.807, 2.05) is 19.1 Å². The molecule has 0 heterocycles. The van der Waals surface area contributed by atoms with Crippen LogP contribution in [-0.2, 0) is 0 Å². The first-order valence-corrected chi connectivity index (χ1v) is 4.34. The van der Waals surface area contributed by atoms with E-state index in [-0.39, 0.29) is 0 Å². The molecular weight excluding hydrogens is 179 g/mol. The summed E-state index contributed by atoms with van der Waals surface area (Å²) in [6.45, 7) is 4.08. The number of rotatable bonds is 1. The molecule has 1 aromatic rings. The van der Waals surface area contributed by atoms with Gasteiger partial charge in [0.05, 0.1) is 0 Å². The molecule has 1 aromatic carbocycles. The summed E-state index contributed by atoms with van der Waals surface area (Å²) >= 11 is 11.5. The van der Waals surface area contributed by atoms with E-state index in [4.69, 9.17) is 23.2 Å². The minimum Gasteiger partial charge on any atom is -0.100 e. The number of benzene rings is 1. The fourth-order valence-corrected chi connectivity index (χ4v) is 1.48. The Balaban J connectivity index is 3.17. The molecule has 2 heteroatoms. The standard InChI is InChI=1S/C9H10Cl2/c1-6-4-3-5-8(7(6)2)9(10)11/h3-5,9H,1-2H3. The summed E-state index contributed by atoms with van der Waals surface area (Å²) in [5.74, 6) is 0. The van der Waals surface area contributed by atoms with Crippen molar-refractivity contribution in [1.82, 2.24) is 0 Å². The molecule has 1 rings (SSSR count). The lowest BCUT2D eigenvalue weighted by atomic mass is 10.1. The smallest absolute Gasteiger partial charge is 0.100 e. The molecule has 0 nitrogen and oxygen atoms in total. The van der Waals surface area contributed by atoms with Crippen molar-refractivity contribution >= 4 is 23.2 Å². The van der Waals surface area contributed by atoms with Gasteiger partial charge in [0, 0.05) is 0 Å². The molecule has 0 radical (unpaired) electrons. The van der Waals surface area contributed by atoms with Crippen LogP contribution in [0.2, 0.25) is 0 Å². The average Bonchev–Trinajstić information content (AvgIpc) is 1.94. The van der Waals surface area contributed by atoms with E-state index >= 15 is 0 Å². The van der Waals surface area contributed by atoms with Gasteiger partial charge in [0.2, 0.25) is 0 Å². The van der Waals surface area contributed by atoms with Crippen molar-refractivity contribution in [3.63, 3.8) is 0 Å². The van der Waals surface area contributed by atoms with E-state index in [1.165, 1.54) is 11.1 Å². The normalized spacial score (nSPS) is 10.6. The Morgan fingerprint density at radius 3 is 2.27 bits per heavy atom. The number of aryl methyl sites for hydroxylation is 1. The van der Waals surface area contributed by atoms with Crippen molar-refractivity contribution < 1.29 is 0 Å². The molecule has 0 atom stereocenters. The lowest BCUT2D eigenvalue weighted by molar-refractivity contribution is 1.22. The highest BCUT2D eigenvalue weighted by Gasteiger charge is 2.06. The summed E-state index contributed by atoms with van der Waals surface area (Å²) in [6, 6.07) is 5.97. The maximum Gasteiger partial charge on any atom is 0.133 e. The van der Waals surface area contributed by atoms with Gasteiger partial charge in [0.25, 0.3) is 0 Å². The zero-order chi connectivity index (χ0) is 8.43. The summed E-state index contributed by atoms with van der Waals surface area (Å²) in [5, 5.41) is 0. The minimum absolute atomic E-state index is 0.408. The molecule has 0 aromatic heterocycles. The summed E-state index contributed by atoms with van der Waals surface area (Å²) < 4.78 is 0. The monoisotopic (exact) mass is 188 g/mol. The molecule has 0 aliphatic carbocycles. The average molecular weight is 189 g/mol. The summed E-state index contributed by atoms with van der Waals surface area (Å²) in [5.41, 5.74) is 3.42. The second kappa shape index (κ2) is 3.46. The van der Waals surface area contributed by atoms with E-state index in [0.717, 1.165) is 5.56 Å². The molecule has 0 saturated carbocycles. The van der Waals surface area contributed by atoms with Crippen molar-refractivity contribution in [3.8, 4) is 0 Å². The van der Waals surface area contributed by atoms with Crippen LogP contribution in [0.1, 0.15) is 21.5 Å². The van der Waals surface area contributed by atoms with Crippen LogP contribution < -0.4 is 0 Å². The lowest BCUT2D eigenvalue weighted by Gasteiger charge is -2.07. The first kappa shape index (κ1) is 8.89. The molecule has 0 aliphatic rings. The van der Waals surface area contributed by atoms with Crippen LogP contribution in [0.3, 0.4) is 0 Å². The van der Waals surface area contributed by atoms with Crippen LogP contribution in [0.25, 0.3) is 0 Å². The first-order valence-electron chi connectivity index (χ1n) is 3.47. The first-order chi connectivity index (χ1) is 5.13. The maximum atomic E-state index is 5.75. The van der Waals surface area contributed by atoms with E-state index in [1.54, 1.807) is 0 Å². The summed E-state index contributed by atoms with van der Waals surface area (Å²) in [6.07, 6.45) is 0. The SMILES string of the molecule is Cc1cccc(C(Cl)Cl)c1C. The van der Waals surface area contributed by atoms with Crippen LogP contribution in [0, 0.1) is 13.8 Å². The quantitative estimate of drug-likeness (QED) is 0.589. The van der Waals surface area contributed by atoms with E-state index in [9.17, 15) is 0 Å². The molecular formula is C9H10Cl2. The summed E-state index contributed by atoms with van der Waals surface area (Å²) in [4.78, 5) is -0.408. The van der Waals surface area contributed by atoms with Crippen LogP contribution in [0.4, 0.5) is 0 Å². The zero-order valence-corrected chi connectivity index (χ0v) is 8.08. The predicted octanol–water partition coefficient (Wildman–Crippen LogP) is 3.78. The molecule has 11 heavy (non-hydrogen) atoms. The van der Waals surface area contributed by atoms with E-state index in [0.29, 0.717) is 0 Å². The number of alkyl halides is 2. The van der Waals surface area contributed by atoms with Gasteiger partial charge in [-0.1, -0.05) is 18.2 Å². The van der Waals surface area contributed by atoms with Gasteiger partial charge < -0.3 is 0 Å². The van der Waals surface area contributed by atoms with Crippen LogP contribution in [-0.4, -0.2) is 0 Å². The molecule has 0 spiro atoms. The van der Waals surface area contributed by atoms with Gasteiger partial charge in [0.1, 0.15) is 4.84 Å². The largest absolute Gasteiger partial charge is 0.133 e. The van der Waals surface area contributed by atoms with Gasteiger partial charge in [-0.3, -0.25) is 0 Å². The lowest BCUT2D eigenvalue weighted by Crippen LogP contribution is -1.89. The minimum atomic E-state index is -0.408. The second-order valence-corrected chi connectivity index (χ2v) is 3.69. The highest BCUT2D eigenvalue weighted by molar-refractivity contribution is 6.44. The van der Waals surface area contributed by atoms with E-state index in [2.05, 4.69) is 13.0 Å². The molecule has 60 valence electrons. The van der Waals surface area contributed by atoms with E-state index < -0.39 is 4.84 Å². The predicted molar refractivity (Wildman–Crippen MR) is 50.4 cm³/mol. The van der Waals surface area contributed by atoms with Gasteiger partial charge in [0.15, 0.2) is 0 Å². The Bertz CT molecular complexity index is 254. The number of halogens is 2. The highest BCUT2D eigenvalue weighted by atomic mass is 35.5. The van der Waals surface area contributed by atoms with Crippen molar-refractivity contribution in [2.24, 2.45) is 0 Å². The van der Waals surface area contributed by atoms with Gasteiger partial charge >= 0.3 is 0 Å². The summed E-state index contributed by atoms with van der Waals surface area (Å²) in [7, 11) is 0. The van der Waals surface area contributed by atoms with Crippen LogP contribution >= 0.6 is 23.2 Å². The number of hydrogen-bond donors (Lipinski definition) is 0. The molecule has 0 N–H and O–H groups in total. The topological polar surface area (TPSA) is 0 Å².